The number of hydrogen-bond acceptors (Lipinski definition) is 6. The Balaban J connectivity index is 1.66. The number of methoxy groups -OCH3 is 3. The second kappa shape index (κ2) is 9.11. The molecule has 1 fully saturated rings. The zero-order valence-corrected chi connectivity index (χ0v) is 19.2. The van der Waals surface area contributed by atoms with Crippen molar-refractivity contribution in [2.75, 3.05) is 27.9 Å². The van der Waals surface area contributed by atoms with Crippen molar-refractivity contribution in [3.05, 3.63) is 52.8 Å². The predicted molar refractivity (Wildman–Crippen MR) is 122 cm³/mol. The van der Waals surface area contributed by atoms with Gasteiger partial charge >= 0.3 is 0 Å². The summed E-state index contributed by atoms with van der Waals surface area (Å²) in [6.07, 6.45) is 2.15. The second-order valence-corrected chi connectivity index (χ2v) is 7.95. The molecule has 0 saturated carbocycles. The molecule has 0 bridgehead atoms. The zero-order valence-electron chi connectivity index (χ0n) is 18.4. The fourth-order valence-electron chi connectivity index (χ4n) is 4.26. The van der Waals surface area contributed by atoms with Gasteiger partial charge in [0.15, 0.2) is 10.6 Å². The maximum atomic E-state index is 5.72. The topological polar surface area (TPSA) is 53.7 Å². The molecule has 2 aromatic carbocycles. The lowest BCUT2D eigenvalue weighted by Gasteiger charge is -2.26. The molecule has 8 heteroatoms. The number of ether oxygens (including phenoxy) is 3. The van der Waals surface area contributed by atoms with Crippen molar-refractivity contribution in [1.29, 1.82) is 0 Å². The fourth-order valence-corrected chi connectivity index (χ4v) is 4.45. The minimum atomic E-state index is 0.212. The van der Waals surface area contributed by atoms with E-state index in [1.54, 1.807) is 21.3 Å². The highest BCUT2D eigenvalue weighted by Gasteiger charge is 2.30. The number of likely N-dealkylation sites (tertiary alicyclic amines) is 1. The smallest absolute Gasteiger partial charge is 0.199 e. The van der Waals surface area contributed by atoms with Crippen LogP contribution in [0.1, 0.15) is 24.4 Å². The number of benzene rings is 2. The average molecular weight is 441 g/mol. The minimum Gasteiger partial charge on any atom is -0.497 e. The molecule has 3 aromatic rings. The van der Waals surface area contributed by atoms with Crippen LogP contribution in [-0.2, 0) is 13.7 Å². The number of hydrogen-bond donors (Lipinski definition) is 0. The van der Waals surface area contributed by atoms with Gasteiger partial charge in [0.2, 0.25) is 0 Å². The van der Waals surface area contributed by atoms with Gasteiger partial charge in [0.1, 0.15) is 17.2 Å². The lowest BCUT2D eigenvalue weighted by molar-refractivity contribution is 0.186. The van der Waals surface area contributed by atoms with Crippen LogP contribution >= 0.6 is 12.2 Å². The summed E-state index contributed by atoms with van der Waals surface area (Å²) in [6.45, 7) is 1.57. The molecule has 1 saturated heterocycles. The molecule has 0 spiro atoms. The zero-order chi connectivity index (χ0) is 22.0. The van der Waals surface area contributed by atoms with Gasteiger partial charge in [-0.3, -0.25) is 4.90 Å². The van der Waals surface area contributed by atoms with Gasteiger partial charge in [-0.15, -0.1) is 0 Å². The van der Waals surface area contributed by atoms with Crippen molar-refractivity contribution < 1.29 is 14.2 Å². The highest BCUT2D eigenvalue weighted by molar-refractivity contribution is 7.71. The van der Waals surface area contributed by atoms with E-state index in [2.05, 4.69) is 11.0 Å². The lowest BCUT2D eigenvalue weighted by Crippen LogP contribution is -2.27. The molecule has 1 aliphatic rings. The van der Waals surface area contributed by atoms with Crippen molar-refractivity contribution in [1.82, 2.24) is 19.2 Å². The molecule has 1 aromatic heterocycles. The highest BCUT2D eigenvalue weighted by Crippen LogP contribution is 2.39. The summed E-state index contributed by atoms with van der Waals surface area (Å²) >= 11 is 5.72. The molecular weight excluding hydrogens is 412 g/mol. The molecular formula is C23H28N4O3S. The van der Waals surface area contributed by atoms with E-state index in [9.17, 15) is 0 Å². The SMILES string of the molecule is COc1ccc(OC)c([C@@H]2CCCN2Cn2nc(-c3ccccc3OC)n(C)c2=S)c1. The van der Waals surface area contributed by atoms with E-state index in [1.807, 2.05) is 52.7 Å². The third-order valence-electron chi connectivity index (χ3n) is 5.86. The molecule has 2 heterocycles. The number of nitrogens with zero attached hydrogens (tertiary/aromatic N) is 4. The molecule has 4 rings (SSSR count). The van der Waals surface area contributed by atoms with Crippen molar-refractivity contribution in [2.24, 2.45) is 7.05 Å². The number of rotatable bonds is 7. The summed E-state index contributed by atoms with van der Waals surface area (Å²) in [4.78, 5) is 2.39. The monoisotopic (exact) mass is 440 g/mol. The van der Waals surface area contributed by atoms with Crippen LogP contribution in [-0.4, -0.2) is 47.1 Å². The van der Waals surface area contributed by atoms with Crippen LogP contribution in [0.25, 0.3) is 11.4 Å². The van der Waals surface area contributed by atoms with Gasteiger partial charge in [-0.1, -0.05) is 12.1 Å². The first kappa shape index (κ1) is 21.4. The van der Waals surface area contributed by atoms with E-state index in [0.29, 0.717) is 11.4 Å². The maximum Gasteiger partial charge on any atom is 0.199 e. The summed E-state index contributed by atoms with van der Waals surface area (Å²) in [5.41, 5.74) is 2.05. The molecule has 0 aliphatic carbocycles. The maximum absolute atomic E-state index is 5.72. The van der Waals surface area contributed by atoms with E-state index < -0.39 is 0 Å². The fraction of sp³-hybridized carbons (Fsp3) is 0.391. The van der Waals surface area contributed by atoms with E-state index in [0.717, 1.165) is 53.6 Å². The lowest BCUT2D eigenvalue weighted by atomic mass is 10.0. The van der Waals surface area contributed by atoms with Crippen LogP contribution in [0.5, 0.6) is 17.2 Å². The van der Waals surface area contributed by atoms with Crippen LogP contribution in [0.4, 0.5) is 0 Å². The largest absolute Gasteiger partial charge is 0.497 e. The Hall–Kier alpha value is -2.84. The van der Waals surface area contributed by atoms with Crippen LogP contribution in [0.2, 0.25) is 0 Å². The van der Waals surface area contributed by atoms with Crippen molar-refractivity contribution in [2.45, 2.75) is 25.6 Å². The van der Waals surface area contributed by atoms with Gasteiger partial charge in [0, 0.05) is 25.2 Å². The van der Waals surface area contributed by atoms with Gasteiger partial charge < -0.3 is 18.8 Å². The van der Waals surface area contributed by atoms with E-state index in [4.69, 9.17) is 31.5 Å². The van der Waals surface area contributed by atoms with Crippen molar-refractivity contribution >= 4 is 12.2 Å². The first-order valence-corrected chi connectivity index (χ1v) is 10.7. The normalized spacial score (nSPS) is 16.5. The summed E-state index contributed by atoms with van der Waals surface area (Å²) < 4.78 is 21.1. The minimum absolute atomic E-state index is 0.212. The van der Waals surface area contributed by atoms with Gasteiger partial charge in [0.25, 0.3) is 0 Å². The quantitative estimate of drug-likeness (QED) is 0.507. The molecule has 1 atom stereocenters. The predicted octanol–water partition coefficient (Wildman–Crippen LogP) is 4.44. The Labute approximate surface area is 187 Å². The Morgan fingerprint density at radius 3 is 2.55 bits per heavy atom. The van der Waals surface area contributed by atoms with Crippen LogP contribution in [0.3, 0.4) is 0 Å². The summed E-state index contributed by atoms with van der Waals surface area (Å²) in [5.74, 6) is 3.27. The van der Waals surface area contributed by atoms with E-state index >= 15 is 0 Å². The Bertz CT molecular complexity index is 1120. The highest BCUT2D eigenvalue weighted by atomic mass is 32.1. The molecule has 0 unspecified atom stereocenters. The molecule has 0 radical (unpaired) electrons. The van der Waals surface area contributed by atoms with Crippen LogP contribution in [0, 0.1) is 4.77 Å². The van der Waals surface area contributed by atoms with Crippen LogP contribution < -0.4 is 14.2 Å². The van der Waals surface area contributed by atoms with Crippen LogP contribution in [0.15, 0.2) is 42.5 Å². The molecule has 164 valence electrons. The number of aromatic nitrogens is 3. The molecule has 31 heavy (non-hydrogen) atoms. The molecule has 1 aliphatic heterocycles. The second-order valence-electron chi connectivity index (χ2n) is 7.58. The Kier molecular flexibility index (Phi) is 6.29. The molecule has 0 N–H and O–H groups in total. The summed E-state index contributed by atoms with van der Waals surface area (Å²) in [7, 11) is 7.00. The third kappa shape index (κ3) is 4.05. The van der Waals surface area contributed by atoms with Crippen molar-refractivity contribution in [3.8, 4) is 28.6 Å². The van der Waals surface area contributed by atoms with E-state index in [-0.39, 0.29) is 6.04 Å². The standard InChI is InChI=1S/C23H28N4O3S/c1-25-22(17-8-5-6-10-20(17)29-3)24-27(23(25)31)15-26-13-7-9-19(26)18-14-16(28-2)11-12-21(18)30-4/h5-6,8,10-12,14,19H,7,9,13,15H2,1-4H3/t19-/m0/s1. The van der Waals surface area contributed by atoms with Gasteiger partial charge in [-0.25, -0.2) is 4.68 Å². The first-order chi connectivity index (χ1) is 15.1. The van der Waals surface area contributed by atoms with Gasteiger partial charge in [-0.05, 0) is 55.4 Å². The number of para-hydroxylation sites is 1. The molecule has 7 nitrogen and oxygen atoms in total. The summed E-state index contributed by atoms with van der Waals surface area (Å²) in [6, 6.07) is 14.0. The average Bonchev–Trinajstić information content (AvgIpc) is 3.38. The Morgan fingerprint density at radius 1 is 1.03 bits per heavy atom. The Morgan fingerprint density at radius 2 is 1.81 bits per heavy atom. The van der Waals surface area contributed by atoms with E-state index in [1.165, 1.54) is 0 Å². The molecule has 0 amide bonds. The van der Waals surface area contributed by atoms with Crippen molar-refractivity contribution in [3.63, 3.8) is 0 Å². The third-order valence-corrected chi connectivity index (χ3v) is 6.35. The van der Waals surface area contributed by atoms with Gasteiger partial charge in [0.05, 0.1) is 33.6 Å². The first-order valence-electron chi connectivity index (χ1n) is 10.3. The van der Waals surface area contributed by atoms with Gasteiger partial charge in [-0.2, -0.15) is 5.10 Å². The summed E-state index contributed by atoms with van der Waals surface area (Å²) in [5, 5.41) is 4.85.